The van der Waals surface area contributed by atoms with Crippen LogP contribution < -0.4 is 15.2 Å². The van der Waals surface area contributed by atoms with Crippen molar-refractivity contribution in [3.05, 3.63) is 22.7 Å². The van der Waals surface area contributed by atoms with Crippen LogP contribution >= 0.6 is 24.0 Å². The van der Waals surface area contributed by atoms with E-state index in [4.69, 9.17) is 26.8 Å². The van der Waals surface area contributed by atoms with Crippen LogP contribution in [0.15, 0.2) is 12.1 Å². The molecule has 1 rings (SSSR count). The molecule has 18 heavy (non-hydrogen) atoms. The number of carbonyl (C=O) groups is 1. The number of hydrogen-bond donors (Lipinski definition) is 1. The molecule has 0 saturated carbocycles. The van der Waals surface area contributed by atoms with E-state index >= 15 is 0 Å². The SMILES string of the molecule is COC(=O)[C@H](N)c1ccc(OC)c(OC)c1Cl.Cl. The van der Waals surface area contributed by atoms with Crippen molar-refractivity contribution in [2.45, 2.75) is 6.04 Å². The highest BCUT2D eigenvalue weighted by atomic mass is 35.5. The van der Waals surface area contributed by atoms with Crippen LogP contribution in [0.4, 0.5) is 0 Å². The fourth-order valence-electron chi connectivity index (χ4n) is 1.40. The van der Waals surface area contributed by atoms with Gasteiger partial charge in [0.2, 0.25) is 0 Å². The number of methoxy groups -OCH3 is 3. The monoisotopic (exact) mass is 295 g/mol. The van der Waals surface area contributed by atoms with Crippen LogP contribution in [0.1, 0.15) is 11.6 Å². The van der Waals surface area contributed by atoms with Crippen LogP contribution in [0.3, 0.4) is 0 Å². The molecular weight excluding hydrogens is 281 g/mol. The van der Waals surface area contributed by atoms with Crippen molar-refractivity contribution in [1.29, 1.82) is 0 Å². The van der Waals surface area contributed by atoms with Gasteiger partial charge in [0.15, 0.2) is 11.5 Å². The summed E-state index contributed by atoms with van der Waals surface area (Å²) in [7, 11) is 4.21. The summed E-state index contributed by atoms with van der Waals surface area (Å²) in [5, 5.41) is 0.241. The van der Waals surface area contributed by atoms with Gasteiger partial charge in [-0.15, -0.1) is 12.4 Å². The topological polar surface area (TPSA) is 70.8 Å². The average molecular weight is 296 g/mol. The van der Waals surface area contributed by atoms with Crippen LogP contribution in [0.25, 0.3) is 0 Å². The lowest BCUT2D eigenvalue weighted by atomic mass is 10.1. The van der Waals surface area contributed by atoms with Gasteiger partial charge in [-0.3, -0.25) is 4.79 Å². The zero-order valence-electron chi connectivity index (χ0n) is 10.2. The summed E-state index contributed by atoms with van der Waals surface area (Å²) in [5.74, 6) is 0.239. The van der Waals surface area contributed by atoms with Gasteiger partial charge in [0.25, 0.3) is 0 Å². The van der Waals surface area contributed by atoms with E-state index in [2.05, 4.69) is 4.74 Å². The van der Waals surface area contributed by atoms with Crippen LogP contribution in [-0.4, -0.2) is 27.3 Å². The Morgan fingerprint density at radius 1 is 1.28 bits per heavy atom. The van der Waals surface area contributed by atoms with Crippen molar-refractivity contribution in [1.82, 2.24) is 0 Å². The standard InChI is InChI=1S/C11H14ClNO4.ClH/c1-15-7-5-4-6(8(12)10(7)16-2)9(13)11(14)17-3;/h4-5,9H,13H2,1-3H3;1H/t9-;/m1./s1. The smallest absolute Gasteiger partial charge is 0.327 e. The number of nitrogens with two attached hydrogens (primary N) is 1. The summed E-state index contributed by atoms with van der Waals surface area (Å²) in [6.07, 6.45) is 0. The molecule has 0 spiro atoms. The molecule has 0 fully saturated rings. The average Bonchev–Trinajstić information content (AvgIpc) is 2.36. The number of benzene rings is 1. The highest BCUT2D eigenvalue weighted by molar-refractivity contribution is 6.33. The second-order valence-electron chi connectivity index (χ2n) is 3.21. The predicted octanol–water partition coefficient (Wildman–Crippen LogP) is 1.95. The summed E-state index contributed by atoms with van der Waals surface area (Å²) < 4.78 is 14.7. The van der Waals surface area contributed by atoms with Crippen molar-refractivity contribution in [2.75, 3.05) is 21.3 Å². The van der Waals surface area contributed by atoms with Gasteiger partial charge in [0.1, 0.15) is 6.04 Å². The Bertz CT molecular complexity index is 426. The Balaban J connectivity index is 0.00000289. The van der Waals surface area contributed by atoms with Crippen molar-refractivity contribution in [2.24, 2.45) is 5.73 Å². The van der Waals surface area contributed by atoms with E-state index < -0.39 is 12.0 Å². The minimum absolute atomic E-state index is 0. The fraction of sp³-hybridized carbons (Fsp3) is 0.364. The van der Waals surface area contributed by atoms with Crippen LogP contribution in [-0.2, 0) is 9.53 Å². The molecule has 0 saturated heterocycles. The Hall–Kier alpha value is -1.17. The first-order chi connectivity index (χ1) is 8.06. The van der Waals surface area contributed by atoms with Crippen LogP contribution in [0.2, 0.25) is 5.02 Å². The van der Waals surface area contributed by atoms with Gasteiger partial charge in [-0.25, -0.2) is 0 Å². The Morgan fingerprint density at radius 3 is 2.33 bits per heavy atom. The number of esters is 1. The van der Waals surface area contributed by atoms with Gasteiger partial charge in [0, 0.05) is 5.56 Å². The lowest BCUT2D eigenvalue weighted by Crippen LogP contribution is -2.23. The maximum atomic E-state index is 11.3. The molecule has 1 aromatic rings. The second kappa shape index (κ2) is 7.31. The number of carbonyl (C=O) groups excluding carboxylic acids is 1. The highest BCUT2D eigenvalue weighted by Gasteiger charge is 2.23. The Morgan fingerprint density at radius 2 is 1.89 bits per heavy atom. The Labute approximate surface area is 117 Å². The lowest BCUT2D eigenvalue weighted by Gasteiger charge is -2.15. The molecule has 102 valence electrons. The number of ether oxygens (including phenoxy) is 3. The van der Waals surface area contributed by atoms with Gasteiger partial charge in [-0.2, -0.15) is 0 Å². The third kappa shape index (κ3) is 3.19. The van der Waals surface area contributed by atoms with E-state index in [1.165, 1.54) is 21.3 Å². The third-order valence-corrected chi connectivity index (χ3v) is 2.69. The van der Waals surface area contributed by atoms with E-state index in [9.17, 15) is 4.79 Å². The molecule has 5 nitrogen and oxygen atoms in total. The largest absolute Gasteiger partial charge is 0.493 e. The van der Waals surface area contributed by atoms with E-state index in [0.29, 0.717) is 17.1 Å². The number of hydrogen-bond acceptors (Lipinski definition) is 5. The number of rotatable bonds is 4. The maximum Gasteiger partial charge on any atom is 0.327 e. The molecule has 0 aliphatic carbocycles. The zero-order chi connectivity index (χ0) is 13.0. The molecule has 1 atom stereocenters. The van der Waals surface area contributed by atoms with E-state index in [1.54, 1.807) is 12.1 Å². The lowest BCUT2D eigenvalue weighted by molar-refractivity contribution is -0.142. The molecule has 0 amide bonds. The zero-order valence-corrected chi connectivity index (χ0v) is 11.8. The quantitative estimate of drug-likeness (QED) is 0.860. The van der Waals surface area contributed by atoms with Gasteiger partial charge < -0.3 is 19.9 Å². The van der Waals surface area contributed by atoms with Gasteiger partial charge >= 0.3 is 5.97 Å². The van der Waals surface area contributed by atoms with Crippen LogP contribution in [0.5, 0.6) is 11.5 Å². The molecule has 0 heterocycles. The predicted molar refractivity (Wildman–Crippen MR) is 70.7 cm³/mol. The summed E-state index contributed by atoms with van der Waals surface area (Å²) in [6, 6.07) is 2.28. The summed E-state index contributed by atoms with van der Waals surface area (Å²) in [6.45, 7) is 0. The molecule has 0 aliphatic rings. The van der Waals surface area contributed by atoms with E-state index in [-0.39, 0.29) is 17.4 Å². The molecule has 0 radical (unpaired) electrons. The molecule has 2 N–H and O–H groups in total. The molecule has 7 heteroatoms. The van der Waals surface area contributed by atoms with Gasteiger partial charge in [0.05, 0.1) is 26.4 Å². The maximum absolute atomic E-state index is 11.3. The van der Waals surface area contributed by atoms with E-state index in [0.717, 1.165) is 0 Å². The highest BCUT2D eigenvalue weighted by Crippen LogP contribution is 2.39. The van der Waals surface area contributed by atoms with Crippen molar-refractivity contribution in [3.63, 3.8) is 0 Å². The summed E-state index contributed by atoms with van der Waals surface area (Å²) >= 11 is 6.10. The van der Waals surface area contributed by atoms with Crippen molar-refractivity contribution < 1.29 is 19.0 Å². The van der Waals surface area contributed by atoms with E-state index in [1.807, 2.05) is 0 Å². The van der Waals surface area contributed by atoms with Crippen molar-refractivity contribution in [3.8, 4) is 11.5 Å². The summed E-state index contributed by atoms with van der Waals surface area (Å²) in [4.78, 5) is 11.3. The minimum Gasteiger partial charge on any atom is -0.493 e. The fourth-order valence-corrected chi connectivity index (χ4v) is 1.75. The van der Waals surface area contributed by atoms with Crippen LogP contribution in [0, 0.1) is 0 Å². The molecule has 0 unspecified atom stereocenters. The summed E-state index contributed by atoms with van der Waals surface area (Å²) in [5.41, 5.74) is 6.14. The van der Waals surface area contributed by atoms with Crippen molar-refractivity contribution >= 4 is 30.0 Å². The van der Waals surface area contributed by atoms with Gasteiger partial charge in [-0.1, -0.05) is 17.7 Å². The normalized spacial score (nSPS) is 11.2. The first kappa shape index (κ1) is 16.8. The first-order valence-electron chi connectivity index (χ1n) is 4.80. The molecule has 1 aromatic carbocycles. The first-order valence-corrected chi connectivity index (χ1v) is 5.18. The molecule has 0 bridgehead atoms. The Kier molecular flexibility index (Phi) is 6.83. The molecular formula is C11H15Cl2NO4. The molecule has 0 aliphatic heterocycles. The number of halogens is 2. The molecule has 0 aromatic heterocycles. The third-order valence-electron chi connectivity index (χ3n) is 2.31. The van der Waals surface area contributed by atoms with Gasteiger partial charge in [-0.05, 0) is 6.07 Å². The minimum atomic E-state index is -0.952. The second-order valence-corrected chi connectivity index (χ2v) is 3.58.